The Morgan fingerprint density at radius 1 is 1.17 bits per heavy atom. The Morgan fingerprint density at radius 3 is 2.63 bits per heavy atom. The van der Waals surface area contributed by atoms with Gasteiger partial charge in [0.05, 0.1) is 29.0 Å². The standard InChI is InChI=1S/C20H20N4O5S/c1-14-16(19(23-29-14)17-4-2-3-7-21-17)13-28-15-5-6-18(22-12-15)20(25)24-8-10-30(26,27)11-9-24/h2-7,12H,8-11,13H2,1H3. The molecule has 0 aromatic carbocycles. The van der Waals surface area contributed by atoms with Crippen LogP contribution in [0.4, 0.5) is 0 Å². The first-order valence-electron chi connectivity index (χ1n) is 9.38. The van der Waals surface area contributed by atoms with Crippen LogP contribution in [0.5, 0.6) is 5.75 Å². The van der Waals surface area contributed by atoms with Crippen molar-refractivity contribution in [2.45, 2.75) is 13.5 Å². The first kappa shape index (κ1) is 20.0. The average molecular weight is 428 g/mol. The Bertz CT molecular complexity index is 1130. The summed E-state index contributed by atoms with van der Waals surface area (Å²) in [5.41, 5.74) is 2.34. The fraction of sp³-hybridized carbons (Fsp3) is 0.300. The number of pyridine rings is 2. The van der Waals surface area contributed by atoms with Gasteiger partial charge in [-0.3, -0.25) is 9.78 Å². The second-order valence-corrected chi connectivity index (χ2v) is 9.20. The molecule has 4 rings (SSSR count). The lowest BCUT2D eigenvalue weighted by Gasteiger charge is -2.26. The van der Waals surface area contributed by atoms with Crippen molar-refractivity contribution >= 4 is 15.7 Å². The van der Waals surface area contributed by atoms with Gasteiger partial charge in [-0.25, -0.2) is 13.4 Å². The van der Waals surface area contributed by atoms with Crippen molar-refractivity contribution in [3.63, 3.8) is 0 Å². The molecule has 0 atom stereocenters. The molecule has 0 aliphatic carbocycles. The van der Waals surface area contributed by atoms with Crippen molar-refractivity contribution in [2.24, 2.45) is 0 Å². The maximum atomic E-state index is 12.5. The van der Waals surface area contributed by atoms with Gasteiger partial charge in [-0.1, -0.05) is 11.2 Å². The largest absolute Gasteiger partial charge is 0.487 e. The smallest absolute Gasteiger partial charge is 0.272 e. The second-order valence-electron chi connectivity index (χ2n) is 6.89. The zero-order chi connectivity index (χ0) is 21.1. The molecule has 0 spiro atoms. The van der Waals surface area contributed by atoms with Gasteiger partial charge in [0.15, 0.2) is 9.84 Å². The van der Waals surface area contributed by atoms with Gasteiger partial charge in [0, 0.05) is 19.3 Å². The van der Waals surface area contributed by atoms with E-state index in [1.54, 1.807) is 25.3 Å². The quantitative estimate of drug-likeness (QED) is 0.605. The molecule has 1 aliphatic heterocycles. The predicted octanol–water partition coefficient (Wildman–Crippen LogP) is 1.89. The molecule has 4 heterocycles. The summed E-state index contributed by atoms with van der Waals surface area (Å²) in [6, 6.07) is 8.76. The number of carbonyl (C=O) groups excluding carboxylic acids is 1. The monoisotopic (exact) mass is 428 g/mol. The predicted molar refractivity (Wildman–Crippen MR) is 108 cm³/mol. The fourth-order valence-electron chi connectivity index (χ4n) is 3.09. The summed E-state index contributed by atoms with van der Waals surface area (Å²) in [6.07, 6.45) is 3.15. The summed E-state index contributed by atoms with van der Waals surface area (Å²) in [5.74, 6) is 0.798. The van der Waals surface area contributed by atoms with Crippen LogP contribution in [0.15, 0.2) is 47.2 Å². The highest BCUT2D eigenvalue weighted by Gasteiger charge is 2.26. The van der Waals surface area contributed by atoms with Gasteiger partial charge in [0.2, 0.25) is 0 Å². The summed E-state index contributed by atoms with van der Waals surface area (Å²) in [6.45, 7) is 2.38. The van der Waals surface area contributed by atoms with Crippen LogP contribution in [-0.2, 0) is 16.4 Å². The molecular formula is C20H20N4O5S. The zero-order valence-corrected chi connectivity index (χ0v) is 17.1. The first-order valence-corrected chi connectivity index (χ1v) is 11.2. The van der Waals surface area contributed by atoms with Gasteiger partial charge in [-0.05, 0) is 31.2 Å². The van der Waals surface area contributed by atoms with Crippen LogP contribution >= 0.6 is 0 Å². The molecule has 0 N–H and O–H groups in total. The van der Waals surface area contributed by atoms with Gasteiger partial charge in [-0.2, -0.15) is 0 Å². The van der Waals surface area contributed by atoms with Gasteiger partial charge in [-0.15, -0.1) is 0 Å². The molecule has 1 fully saturated rings. The van der Waals surface area contributed by atoms with E-state index in [4.69, 9.17) is 9.26 Å². The number of rotatable bonds is 5. The van der Waals surface area contributed by atoms with E-state index in [0.29, 0.717) is 22.9 Å². The van der Waals surface area contributed by atoms with Gasteiger partial charge >= 0.3 is 0 Å². The second kappa shape index (κ2) is 8.23. The van der Waals surface area contributed by atoms with E-state index in [9.17, 15) is 13.2 Å². The lowest BCUT2D eigenvalue weighted by molar-refractivity contribution is 0.0764. The van der Waals surface area contributed by atoms with Crippen molar-refractivity contribution in [2.75, 3.05) is 24.6 Å². The Balaban J connectivity index is 1.42. The summed E-state index contributed by atoms with van der Waals surface area (Å²) < 4.78 is 34.1. The molecule has 10 heteroatoms. The minimum atomic E-state index is -3.05. The van der Waals surface area contributed by atoms with Crippen LogP contribution in [0.2, 0.25) is 0 Å². The average Bonchev–Trinajstić information content (AvgIpc) is 3.13. The van der Waals surface area contributed by atoms with Crippen LogP contribution in [0.25, 0.3) is 11.4 Å². The third-order valence-electron chi connectivity index (χ3n) is 4.86. The minimum Gasteiger partial charge on any atom is -0.487 e. The molecule has 1 aliphatic rings. The van der Waals surface area contributed by atoms with E-state index in [-0.39, 0.29) is 42.8 Å². The SMILES string of the molecule is Cc1onc(-c2ccccn2)c1COc1ccc(C(=O)N2CCS(=O)(=O)CC2)nc1. The third-order valence-corrected chi connectivity index (χ3v) is 6.47. The molecule has 0 unspecified atom stereocenters. The summed E-state index contributed by atoms with van der Waals surface area (Å²) in [4.78, 5) is 22.5. The summed E-state index contributed by atoms with van der Waals surface area (Å²) in [5, 5.41) is 4.07. The maximum Gasteiger partial charge on any atom is 0.272 e. The fourth-order valence-corrected chi connectivity index (χ4v) is 4.29. The Hall–Kier alpha value is -3.27. The number of ether oxygens (including phenoxy) is 1. The molecule has 3 aromatic heterocycles. The molecular weight excluding hydrogens is 408 g/mol. The summed E-state index contributed by atoms with van der Waals surface area (Å²) in [7, 11) is -3.05. The maximum absolute atomic E-state index is 12.5. The van der Waals surface area contributed by atoms with Gasteiger partial charge < -0.3 is 14.2 Å². The molecule has 0 bridgehead atoms. The molecule has 3 aromatic rings. The van der Waals surface area contributed by atoms with Gasteiger partial charge in [0.25, 0.3) is 5.91 Å². The number of carbonyl (C=O) groups is 1. The molecule has 9 nitrogen and oxygen atoms in total. The summed E-state index contributed by atoms with van der Waals surface area (Å²) >= 11 is 0. The van der Waals surface area contributed by atoms with E-state index < -0.39 is 9.84 Å². The topological polar surface area (TPSA) is 115 Å². The first-order chi connectivity index (χ1) is 14.4. The highest BCUT2D eigenvalue weighted by atomic mass is 32.2. The highest BCUT2D eigenvalue weighted by molar-refractivity contribution is 7.91. The number of nitrogens with zero attached hydrogens (tertiary/aromatic N) is 4. The van der Waals surface area contributed by atoms with E-state index in [1.807, 2.05) is 18.2 Å². The van der Waals surface area contributed by atoms with Crippen molar-refractivity contribution < 1.29 is 22.5 Å². The third kappa shape index (κ3) is 4.33. The molecule has 1 saturated heterocycles. The molecule has 1 amide bonds. The van der Waals surface area contributed by atoms with E-state index >= 15 is 0 Å². The number of aryl methyl sites for hydroxylation is 1. The molecule has 156 valence electrons. The zero-order valence-electron chi connectivity index (χ0n) is 16.3. The number of hydrogen-bond donors (Lipinski definition) is 0. The Morgan fingerprint density at radius 2 is 1.97 bits per heavy atom. The lowest BCUT2D eigenvalue weighted by atomic mass is 10.1. The van der Waals surface area contributed by atoms with Crippen LogP contribution < -0.4 is 4.74 Å². The van der Waals surface area contributed by atoms with Crippen molar-refractivity contribution in [1.29, 1.82) is 0 Å². The van der Waals surface area contributed by atoms with Crippen LogP contribution in [0.3, 0.4) is 0 Å². The highest BCUT2D eigenvalue weighted by Crippen LogP contribution is 2.25. The van der Waals surface area contributed by atoms with E-state index in [1.165, 1.54) is 11.1 Å². The van der Waals surface area contributed by atoms with Crippen molar-refractivity contribution in [3.8, 4) is 17.1 Å². The number of hydrogen-bond acceptors (Lipinski definition) is 8. The molecule has 0 radical (unpaired) electrons. The minimum absolute atomic E-state index is 0.0172. The molecule has 0 saturated carbocycles. The lowest BCUT2D eigenvalue weighted by Crippen LogP contribution is -2.43. The van der Waals surface area contributed by atoms with Crippen LogP contribution in [-0.4, -0.2) is 58.9 Å². The van der Waals surface area contributed by atoms with E-state index in [0.717, 1.165) is 5.56 Å². The Kier molecular flexibility index (Phi) is 5.49. The van der Waals surface area contributed by atoms with Crippen LogP contribution in [0.1, 0.15) is 21.8 Å². The number of aromatic nitrogens is 3. The number of sulfone groups is 1. The van der Waals surface area contributed by atoms with Crippen LogP contribution in [0, 0.1) is 6.92 Å². The Labute approximate surface area is 173 Å². The van der Waals surface area contributed by atoms with Crippen molar-refractivity contribution in [3.05, 3.63) is 59.7 Å². The van der Waals surface area contributed by atoms with Crippen molar-refractivity contribution in [1.82, 2.24) is 20.0 Å². The van der Waals surface area contributed by atoms with Gasteiger partial charge in [0.1, 0.15) is 29.5 Å². The normalized spacial score (nSPS) is 15.7. The molecule has 30 heavy (non-hydrogen) atoms. The number of amides is 1. The van der Waals surface area contributed by atoms with E-state index in [2.05, 4.69) is 15.1 Å².